The first kappa shape index (κ1) is 11.2. The molecule has 3 heteroatoms. The molecular weight excluding hydrogens is 176 g/mol. The van der Waals surface area contributed by atoms with E-state index in [1.807, 2.05) is 0 Å². The molecule has 0 amide bonds. The molecule has 0 bridgehead atoms. The molecule has 0 aromatic carbocycles. The summed E-state index contributed by atoms with van der Waals surface area (Å²) in [6.45, 7) is 9.37. The van der Waals surface area contributed by atoms with Crippen LogP contribution in [0.25, 0.3) is 0 Å². The summed E-state index contributed by atoms with van der Waals surface area (Å²) in [5.41, 5.74) is 1.17. The number of nitrogens with one attached hydrogen (secondary N) is 1. The molecule has 1 aromatic rings. The summed E-state index contributed by atoms with van der Waals surface area (Å²) >= 11 is 0. The van der Waals surface area contributed by atoms with Crippen molar-refractivity contribution < 1.29 is 4.42 Å². The summed E-state index contributed by atoms with van der Waals surface area (Å²) in [7, 11) is 0. The Morgan fingerprint density at radius 1 is 1.43 bits per heavy atom. The molecule has 3 nitrogen and oxygen atoms in total. The number of aryl methyl sites for hydroxylation is 1. The predicted octanol–water partition coefficient (Wildman–Crippen LogP) is 2.52. The van der Waals surface area contributed by atoms with Gasteiger partial charge in [-0.05, 0) is 27.2 Å². The topological polar surface area (TPSA) is 38.1 Å². The third-order valence-electron chi connectivity index (χ3n) is 1.99. The molecule has 0 fully saturated rings. The molecule has 0 saturated heterocycles. The van der Waals surface area contributed by atoms with Gasteiger partial charge in [0.15, 0.2) is 6.39 Å². The van der Waals surface area contributed by atoms with E-state index in [2.05, 4.69) is 38.0 Å². The Morgan fingerprint density at radius 2 is 2.14 bits per heavy atom. The van der Waals surface area contributed by atoms with Crippen molar-refractivity contribution >= 4 is 0 Å². The van der Waals surface area contributed by atoms with Crippen LogP contribution in [-0.2, 0) is 13.0 Å². The van der Waals surface area contributed by atoms with Crippen molar-refractivity contribution in [3.8, 4) is 0 Å². The molecule has 0 saturated carbocycles. The maximum absolute atomic E-state index is 5.32. The van der Waals surface area contributed by atoms with Gasteiger partial charge >= 0.3 is 0 Å². The van der Waals surface area contributed by atoms with E-state index >= 15 is 0 Å². The van der Waals surface area contributed by atoms with Crippen molar-refractivity contribution in [3.63, 3.8) is 0 Å². The minimum atomic E-state index is 0.127. The highest BCUT2D eigenvalue weighted by molar-refractivity contribution is 5.07. The molecule has 1 heterocycles. The molecule has 80 valence electrons. The zero-order chi connectivity index (χ0) is 10.6. The van der Waals surface area contributed by atoms with Crippen molar-refractivity contribution in [3.05, 3.63) is 17.8 Å². The number of oxazole rings is 1. The van der Waals surface area contributed by atoms with Crippen LogP contribution < -0.4 is 5.32 Å². The van der Waals surface area contributed by atoms with E-state index in [1.54, 1.807) is 0 Å². The van der Waals surface area contributed by atoms with Gasteiger partial charge in [0, 0.05) is 18.5 Å². The second-order valence-electron chi connectivity index (χ2n) is 4.58. The van der Waals surface area contributed by atoms with Gasteiger partial charge in [-0.3, -0.25) is 0 Å². The van der Waals surface area contributed by atoms with Gasteiger partial charge in [-0.25, -0.2) is 4.98 Å². The molecule has 0 atom stereocenters. The number of rotatable bonds is 4. The van der Waals surface area contributed by atoms with Crippen molar-refractivity contribution in [1.82, 2.24) is 10.3 Å². The largest absolute Gasteiger partial charge is 0.448 e. The lowest BCUT2D eigenvalue weighted by Gasteiger charge is -2.19. The fourth-order valence-corrected chi connectivity index (χ4v) is 1.22. The van der Waals surface area contributed by atoms with Crippen LogP contribution in [0.3, 0.4) is 0 Å². The van der Waals surface area contributed by atoms with Crippen molar-refractivity contribution in [2.45, 2.75) is 52.6 Å². The lowest BCUT2D eigenvalue weighted by Crippen LogP contribution is -2.35. The fraction of sp³-hybridized carbons (Fsp3) is 0.727. The van der Waals surface area contributed by atoms with E-state index < -0.39 is 0 Å². The average Bonchev–Trinajstić information content (AvgIpc) is 2.48. The first-order valence-electron chi connectivity index (χ1n) is 5.19. The molecule has 0 unspecified atom stereocenters. The third kappa shape index (κ3) is 3.50. The number of nitrogens with zero attached hydrogens (tertiary/aromatic N) is 1. The van der Waals surface area contributed by atoms with Crippen molar-refractivity contribution in [2.24, 2.45) is 0 Å². The minimum Gasteiger partial charge on any atom is -0.448 e. The van der Waals surface area contributed by atoms with E-state index in [1.165, 1.54) is 6.39 Å². The van der Waals surface area contributed by atoms with Gasteiger partial charge in [-0.2, -0.15) is 0 Å². The Kier molecular flexibility index (Phi) is 3.69. The number of hydrogen-bond donors (Lipinski definition) is 1. The lowest BCUT2D eigenvalue weighted by atomic mass is 10.1. The van der Waals surface area contributed by atoms with Crippen LogP contribution >= 0.6 is 0 Å². The highest BCUT2D eigenvalue weighted by Gasteiger charge is 2.12. The van der Waals surface area contributed by atoms with E-state index in [4.69, 9.17) is 4.42 Å². The van der Waals surface area contributed by atoms with E-state index in [0.29, 0.717) is 0 Å². The van der Waals surface area contributed by atoms with E-state index in [-0.39, 0.29) is 5.54 Å². The second-order valence-corrected chi connectivity index (χ2v) is 4.58. The molecule has 0 aliphatic heterocycles. The van der Waals surface area contributed by atoms with Crippen LogP contribution in [0.15, 0.2) is 10.8 Å². The van der Waals surface area contributed by atoms with E-state index in [0.717, 1.165) is 30.8 Å². The second kappa shape index (κ2) is 4.60. The fourth-order valence-electron chi connectivity index (χ4n) is 1.22. The van der Waals surface area contributed by atoms with Gasteiger partial charge in [-0.1, -0.05) is 6.92 Å². The molecule has 1 N–H and O–H groups in total. The minimum absolute atomic E-state index is 0.127. The number of aromatic nitrogens is 1. The molecule has 0 aliphatic rings. The monoisotopic (exact) mass is 196 g/mol. The van der Waals surface area contributed by atoms with Crippen LogP contribution in [0.1, 0.15) is 45.6 Å². The average molecular weight is 196 g/mol. The van der Waals surface area contributed by atoms with Crippen molar-refractivity contribution in [1.29, 1.82) is 0 Å². The summed E-state index contributed by atoms with van der Waals surface area (Å²) in [4.78, 5) is 4.21. The number of hydrogen-bond acceptors (Lipinski definition) is 3. The summed E-state index contributed by atoms with van der Waals surface area (Å²) in [5, 5.41) is 3.40. The summed E-state index contributed by atoms with van der Waals surface area (Å²) in [6, 6.07) is 0. The molecule has 1 rings (SSSR count). The van der Waals surface area contributed by atoms with Gasteiger partial charge in [0.25, 0.3) is 0 Å². The first-order chi connectivity index (χ1) is 6.53. The van der Waals surface area contributed by atoms with E-state index in [9.17, 15) is 0 Å². The molecular formula is C11H20N2O. The Bertz CT molecular complexity index is 273. The first-order valence-corrected chi connectivity index (χ1v) is 5.19. The normalized spacial score (nSPS) is 12.0. The predicted molar refractivity (Wildman–Crippen MR) is 57.1 cm³/mol. The molecule has 0 spiro atoms. The van der Waals surface area contributed by atoms with Crippen LogP contribution in [0.4, 0.5) is 0 Å². The van der Waals surface area contributed by atoms with Gasteiger partial charge in [0.1, 0.15) is 5.76 Å². The van der Waals surface area contributed by atoms with Crippen LogP contribution in [0.2, 0.25) is 0 Å². The van der Waals surface area contributed by atoms with Gasteiger partial charge < -0.3 is 9.73 Å². The lowest BCUT2D eigenvalue weighted by molar-refractivity contribution is 0.417. The third-order valence-corrected chi connectivity index (χ3v) is 1.99. The standard InChI is InChI=1S/C11H20N2O/c1-5-6-10-9(12-8-14-10)7-13-11(2,3)4/h8,13H,5-7H2,1-4H3. The summed E-state index contributed by atoms with van der Waals surface area (Å²) < 4.78 is 5.32. The van der Waals surface area contributed by atoms with Crippen LogP contribution in [0.5, 0.6) is 0 Å². The summed E-state index contributed by atoms with van der Waals surface area (Å²) in [5.74, 6) is 1.02. The highest BCUT2D eigenvalue weighted by Crippen LogP contribution is 2.10. The smallest absolute Gasteiger partial charge is 0.181 e. The zero-order valence-corrected chi connectivity index (χ0v) is 9.55. The van der Waals surface area contributed by atoms with Crippen LogP contribution in [-0.4, -0.2) is 10.5 Å². The molecule has 0 radical (unpaired) electrons. The molecule has 14 heavy (non-hydrogen) atoms. The van der Waals surface area contributed by atoms with Crippen molar-refractivity contribution in [2.75, 3.05) is 0 Å². The quantitative estimate of drug-likeness (QED) is 0.804. The molecule has 1 aromatic heterocycles. The Morgan fingerprint density at radius 3 is 2.71 bits per heavy atom. The maximum Gasteiger partial charge on any atom is 0.181 e. The SMILES string of the molecule is CCCc1ocnc1CNC(C)(C)C. The Balaban J connectivity index is 2.53. The Labute approximate surface area is 85.9 Å². The highest BCUT2D eigenvalue weighted by atomic mass is 16.3. The molecule has 0 aliphatic carbocycles. The Hall–Kier alpha value is -0.830. The zero-order valence-electron chi connectivity index (χ0n) is 9.55. The van der Waals surface area contributed by atoms with Gasteiger partial charge in [0.05, 0.1) is 5.69 Å². The van der Waals surface area contributed by atoms with Crippen LogP contribution in [0, 0.1) is 0 Å². The van der Waals surface area contributed by atoms with Gasteiger partial charge in [0.2, 0.25) is 0 Å². The summed E-state index contributed by atoms with van der Waals surface area (Å²) in [6.07, 6.45) is 3.60. The van der Waals surface area contributed by atoms with Gasteiger partial charge in [-0.15, -0.1) is 0 Å². The maximum atomic E-state index is 5.32.